The van der Waals surface area contributed by atoms with Gasteiger partial charge in [0.15, 0.2) is 5.82 Å². The molecule has 0 unspecified atom stereocenters. The summed E-state index contributed by atoms with van der Waals surface area (Å²) in [5.74, 6) is 6.90. The van der Waals surface area contributed by atoms with Gasteiger partial charge in [0, 0.05) is 36.3 Å². The van der Waals surface area contributed by atoms with Crippen LogP contribution >= 0.6 is 11.3 Å². The summed E-state index contributed by atoms with van der Waals surface area (Å²) in [7, 11) is 1.88. The van der Waals surface area contributed by atoms with Crippen LogP contribution in [0.4, 0.5) is 4.39 Å². The molecule has 4 aromatic rings. The first-order valence-electron chi connectivity index (χ1n) is 7.49. The van der Waals surface area contributed by atoms with Crippen molar-refractivity contribution < 1.29 is 4.39 Å². The Balaban J connectivity index is 1.78. The summed E-state index contributed by atoms with van der Waals surface area (Å²) in [6.07, 6.45) is 3.64. The van der Waals surface area contributed by atoms with Crippen molar-refractivity contribution in [1.82, 2.24) is 24.5 Å². The van der Waals surface area contributed by atoms with E-state index >= 15 is 0 Å². The van der Waals surface area contributed by atoms with Gasteiger partial charge in [0.25, 0.3) is 0 Å². The van der Waals surface area contributed by atoms with E-state index in [2.05, 4.69) is 31.8 Å². The molecule has 3 aromatic heterocycles. The molecule has 0 saturated heterocycles. The highest BCUT2D eigenvalue weighted by molar-refractivity contribution is 7.13. The summed E-state index contributed by atoms with van der Waals surface area (Å²) in [5, 5.41) is 3.47. The minimum absolute atomic E-state index is 0.332. The second kappa shape index (κ2) is 6.07. The summed E-state index contributed by atoms with van der Waals surface area (Å²) in [6.45, 7) is 1.76. The van der Waals surface area contributed by atoms with Crippen LogP contribution < -0.4 is 0 Å². The lowest BCUT2D eigenvalue weighted by molar-refractivity contribution is 0.629. The molecule has 0 saturated carbocycles. The quantitative estimate of drug-likeness (QED) is 0.495. The van der Waals surface area contributed by atoms with Crippen LogP contribution in [0.15, 0.2) is 36.0 Å². The zero-order valence-electron chi connectivity index (χ0n) is 13.5. The Bertz CT molecular complexity index is 1130. The largest absolute Gasteiger partial charge is 0.327 e. The average Bonchev–Trinajstić information content (AvgIpc) is 3.21. The molecule has 122 valence electrons. The maximum absolute atomic E-state index is 13.4. The molecule has 5 nitrogen and oxygen atoms in total. The molecule has 25 heavy (non-hydrogen) atoms. The van der Waals surface area contributed by atoms with Gasteiger partial charge in [-0.2, -0.15) is 0 Å². The molecule has 3 heterocycles. The monoisotopic (exact) mass is 349 g/mol. The van der Waals surface area contributed by atoms with E-state index in [0.717, 1.165) is 10.7 Å². The number of hydrogen-bond donors (Lipinski definition) is 0. The van der Waals surface area contributed by atoms with Crippen LogP contribution in [-0.2, 0) is 7.05 Å². The Morgan fingerprint density at radius 2 is 2.04 bits per heavy atom. The third-order valence-corrected chi connectivity index (χ3v) is 4.39. The standard InChI is InChI=1S/C18H12FN5S/c1-11-21-14(13-4-3-12(19)9-15(13)22-11)5-6-17-23-16(10-24(17)2)18-20-7-8-25-18/h3-4,7-10H,1-2H3. The first-order chi connectivity index (χ1) is 12.1. The summed E-state index contributed by atoms with van der Waals surface area (Å²) < 4.78 is 15.3. The number of halogens is 1. The van der Waals surface area contributed by atoms with Crippen LogP contribution in [-0.4, -0.2) is 24.5 Å². The van der Waals surface area contributed by atoms with Gasteiger partial charge in [0.2, 0.25) is 0 Å². The Hall–Kier alpha value is -3.11. The first-order valence-corrected chi connectivity index (χ1v) is 8.37. The van der Waals surface area contributed by atoms with E-state index in [-0.39, 0.29) is 5.82 Å². The minimum atomic E-state index is -0.332. The molecule has 0 spiro atoms. The zero-order valence-corrected chi connectivity index (χ0v) is 14.3. The Morgan fingerprint density at radius 1 is 1.16 bits per heavy atom. The van der Waals surface area contributed by atoms with E-state index in [4.69, 9.17) is 0 Å². The fraction of sp³-hybridized carbons (Fsp3) is 0.111. The summed E-state index contributed by atoms with van der Waals surface area (Å²) in [4.78, 5) is 17.4. The van der Waals surface area contributed by atoms with E-state index in [1.165, 1.54) is 23.5 Å². The molecule has 0 aliphatic heterocycles. The Kier molecular flexibility index (Phi) is 3.75. The van der Waals surface area contributed by atoms with E-state index in [0.29, 0.717) is 28.2 Å². The normalized spacial score (nSPS) is 10.7. The second-order valence-electron chi connectivity index (χ2n) is 5.43. The van der Waals surface area contributed by atoms with Crippen molar-refractivity contribution >= 4 is 22.2 Å². The van der Waals surface area contributed by atoms with Gasteiger partial charge in [-0.25, -0.2) is 24.3 Å². The molecule has 0 N–H and O–H groups in total. The van der Waals surface area contributed by atoms with Crippen molar-refractivity contribution in [2.45, 2.75) is 6.92 Å². The van der Waals surface area contributed by atoms with E-state index in [9.17, 15) is 4.39 Å². The van der Waals surface area contributed by atoms with Crippen LogP contribution in [0, 0.1) is 24.6 Å². The number of benzene rings is 1. The third kappa shape index (κ3) is 2.99. The molecule has 0 aliphatic rings. The number of aromatic nitrogens is 5. The summed E-state index contributed by atoms with van der Waals surface area (Å²) in [5.41, 5.74) is 1.88. The fourth-order valence-corrected chi connectivity index (χ4v) is 3.06. The molecule has 0 amide bonds. The molecular weight excluding hydrogens is 337 g/mol. The Labute approximate surface area is 147 Å². The molecular formula is C18H12FN5S. The van der Waals surface area contributed by atoms with Crippen LogP contribution in [0.1, 0.15) is 17.3 Å². The van der Waals surface area contributed by atoms with Gasteiger partial charge in [0.1, 0.15) is 28.0 Å². The van der Waals surface area contributed by atoms with Crippen LogP contribution in [0.5, 0.6) is 0 Å². The highest BCUT2D eigenvalue weighted by atomic mass is 32.1. The van der Waals surface area contributed by atoms with Gasteiger partial charge in [-0.3, -0.25) is 0 Å². The minimum Gasteiger partial charge on any atom is -0.327 e. The molecule has 0 bridgehead atoms. The summed E-state index contributed by atoms with van der Waals surface area (Å²) in [6, 6.07) is 4.41. The van der Waals surface area contributed by atoms with Gasteiger partial charge in [-0.05, 0) is 30.9 Å². The van der Waals surface area contributed by atoms with E-state index < -0.39 is 0 Å². The smallest absolute Gasteiger partial charge is 0.186 e. The molecule has 0 atom stereocenters. The maximum Gasteiger partial charge on any atom is 0.186 e. The van der Waals surface area contributed by atoms with E-state index in [1.807, 2.05) is 23.2 Å². The molecule has 7 heteroatoms. The lowest BCUT2D eigenvalue weighted by Gasteiger charge is -2.01. The van der Waals surface area contributed by atoms with Gasteiger partial charge in [-0.15, -0.1) is 11.3 Å². The average molecular weight is 349 g/mol. The number of fused-ring (bicyclic) bond motifs is 1. The van der Waals surface area contributed by atoms with Crippen molar-refractivity contribution in [1.29, 1.82) is 0 Å². The zero-order chi connectivity index (χ0) is 17.4. The van der Waals surface area contributed by atoms with Crippen molar-refractivity contribution in [3.8, 4) is 22.5 Å². The van der Waals surface area contributed by atoms with Crippen molar-refractivity contribution in [2.24, 2.45) is 7.05 Å². The highest BCUT2D eigenvalue weighted by Gasteiger charge is 2.08. The summed E-state index contributed by atoms with van der Waals surface area (Å²) >= 11 is 1.53. The number of imidazole rings is 1. The van der Waals surface area contributed by atoms with Crippen molar-refractivity contribution in [3.63, 3.8) is 0 Å². The predicted molar refractivity (Wildman–Crippen MR) is 94.5 cm³/mol. The number of thiazole rings is 1. The lowest BCUT2D eigenvalue weighted by atomic mass is 10.2. The van der Waals surface area contributed by atoms with Crippen molar-refractivity contribution in [3.05, 3.63) is 59.1 Å². The second-order valence-corrected chi connectivity index (χ2v) is 6.32. The van der Waals surface area contributed by atoms with Crippen LogP contribution in [0.25, 0.3) is 21.6 Å². The Morgan fingerprint density at radius 3 is 2.84 bits per heavy atom. The predicted octanol–water partition coefficient (Wildman–Crippen LogP) is 3.33. The van der Waals surface area contributed by atoms with Crippen LogP contribution in [0.3, 0.4) is 0 Å². The number of rotatable bonds is 1. The number of nitrogens with zero attached hydrogens (tertiary/aromatic N) is 5. The van der Waals surface area contributed by atoms with Gasteiger partial charge < -0.3 is 4.57 Å². The number of hydrogen-bond acceptors (Lipinski definition) is 5. The SMILES string of the molecule is Cc1nc(C#Cc2nc(-c3nccs3)cn2C)c2ccc(F)cc2n1. The topological polar surface area (TPSA) is 56.5 Å². The van der Waals surface area contributed by atoms with Gasteiger partial charge >= 0.3 is 0 Å². The molecule has 0 fully saturated rings. The lowest BCUT2D eigenvalue weighted by Crippen LogP contribution is -1.96. The van der Waals surface area contributed by atoms with E-state index in [1.54, 1.807) is 19.2 Å². The number of aryl methyl sites for hydroxylation is 2. The van der Waals surface area contributed by atoms with Gasteiger partial charge in [0.05, 0.1) is 5.52 Å². The van der Waals surface area contributed by atoms with Crippen LogP contribution in [0.2, 0.25) is 0 Å². The molecule has 1 aromatic carbocycles. The third-order valence-electron chi connectivity index (χ3n) is 3.59. The highest BCUT2D eigenvalue weighted by Crippen LogP contribution is 2.20. The molecule has 0 radical (unpaired) electrons. The molecule has 0 aliphatic carbocycles. The first kappa shape index (κ1) is 15.4. The van der Waals surface area contributed by atoms with Gasteiger partial charge in [-0.1, -0.05) is 0 Å². The fourth-order valence-electron chi connectivity index (χ4n) is 2.46. The van der Waals surface area contributed by atoms with Crippen molar-refractivity contribution in [2.75, 3.05) is 0 Å². The molecule has 4 rings (SSSR count). The maximum atomic E-state index is 13.4.